The highest BCUT2D eigenvalue weighted by Gasteiger charge is 2.55. The Hall–Kier alpha value is -0.350. The number of carbonyl (C=O) groups excluding carboxylic acids is 2. The molecule has 0 amide bonds. The second-order valence-corrected chi connectivity index (χ2v) is 14.2. The number of hydrogen-bond acceptors (Lipinski definition) is 5. The van der Waals surface area contributed by atoms with Crippen LogP contribution < -0.4 is 0 Å². The molecule has 3 atom stereocenters. The van der Waals surface area contributed by atoms with Gasteiger partial charge < -0.3 is 15.3 Å². The lowest BCUT2D eigenvalue weighted by atomic mass is 9.85. The van der Waals surface area contributed by atoms with Gasteiger partial charge in [0.25, 0.3) is 0 Å². The molecule has 0 aromatic heterocycles. The smallest absolute Gasteiger partial charge is 0.185 e. The Morgan fingerprint density at radius 2 is 0.674 bits per heavy atom. The maximum Gasteiger partial charge on any atom is 0.185 e. The van der Waals surface area contributed by atoms with Crippen LogP contribution in [0, 0.1) is 0 Å². The van der Waals surface area contributed by atoms with Gasteiger partial charge in [-0.2, -0.15) is 0 Å². The number of aliphatic hydroxyl groups excluding tert-OH is 1. The summed E-state index contributed by atoms with van der Waals surface area (Å²) in [5, 5.41) is 29.3. The Balaban J connectivity index is 3.98. The van der Waals surface area contributed by atoms with Gasteiger partial charge in [0.2, 0.25) is 0 Å². The van der Waals surface area contributed by atoms with Crippen LogP contribution in [0.1, 0.15) is 206 Å². The molecule has 0 aromatic rings. The lowest BCUT2D eigenvalue weighted by Crippen LogP contribution is -2.62. The summed E-state index contributed by atoms with van der Waals surface area (Å²) in [6.45, 7) is 3.54. The first-order valence-electron chi connectivity index (χ1n) is 18.7. The van der Waals surface area contributed by atoms with E-state index in [1.54, 1.807) is 0 Å². The topological polar surface area (TPSA) is 94.8 Å². The minimum atomic E-state index is -2.47. The SMILES string of the molecule is CCCCCCCCCCCCCCCCC(=O)C(O)(P)C(O)(CO)C(=O)CCCCCCCCCCCCCCCC. The van der Waals surface area contributed by atoms with E-state index in [0.717, 1.165) is 38.5 Å². The molecule has 43 heavy (non-hydrogen) atoms. The number of aliphatic hydroxyl groups is 3. The van der Waals surface area contributed by atoms with Crippen LogP contribution in [0.25, 0.3) is 0 Å². The summed E-state index contributed by atoms with van der Waals surface area (Å²) in [6.07, 6.45) is 34.0. The summed E-state index contributed by atoms with van der Waals surface area (Å²) in [7, 11) is 1.97. The van der Waals surface area contributed by atoms with Crippen LogP contribution in [-0.4, -0.2) is 44.4 Å². The molecular weight excluding hydrogens is 555 g/mol. The Kier molecular flexibility index (Phi) is 28.8. The van der Waals surface area contributed by atoms with Gasteiger partial charge >= 0.3 is 0 Å². The molecule has 0 aliphatic carbocycles. The molecule has 0 aliphatic heterocycles. The van der Waals surface area contributed by atoms with Crippen molar-refractivity contribution >= 4 is 20.8 Å². The summed E-state index contributed by atoms with van der Waals surface area (Å²) in [5.41, 5.74) is -2.47. The number of ketones is 2. The van der Waals surface area contributed by atoms with Gasteiger partial charge in [-0.1, -0.05) is 190 Å². The Morgan fingerprint density at radius 1 is 0.442 bits per heavy atom. The Bertz CT molecular complexity index is 653. The first-order chi connectivity index (χ1) is 20.8. The molecule has 5 nitrogen and oxygen atoms in total. The molecule has 0 saturated heterocycles. The maximum atomic E-state index is 12.8. The van der Waals surface area contributed by atoms with E-state index in [0.29, 0.717) is 12.8 Å². The van der Waals surface area contributed by atoms with E-state index < -0.39 is 29.1 Å². The molecule has 0 radical (unpaired) electrons. The molecule has 0 aliphatic rings. The predicted octanol–water partition coefficient (Wildman–Crippen LogP) is 10.2. The zero-order valence-corrected chi connectivity index (χ0v) is 29.8. The van der Waals surface area contributed by atoms with Crippen molar-refractivity contribution in [2.45, 2.75) is 217 Å². The lowest BCUT2D eigenvalue weighted by Gasteiger charge is -2.37. The molecule has 3 N–H and O–H groups in total. The van der Waals surface area contributed by atoms with E-state index >= 15 is 0 Å². The van der Waals surface area contributed by atoms with Gasteiger partial charge in [-0.25, -0.2) is 0 Å². The fraction of sp³-hybridized carbons (Fsp3) is 0.946. The second kappa shape index (κ2) is 29.1. The van der Waals surface area contributed by atoms with Crippen LogP contribution in [0.4, 0.5) is 0 Å². The third kappa shape index (κ3) is 21.1. The standard InChI is InChI=1S/C37H73O5P/c1-3-5-7-9-11-13-15-17-19-21-23-25-27-29-31-34(39)36(41,33-38)37(42,43)35(40)32-30-28-26-24-22-20-18-16-14-12-10-8-6-4-2/h38,41-42H,3-33,43H2,1-2H3. The summed E-state index contributed by atoms with van der Waals surface area (Å²) in [6, 6.07) is 0. The fourth-order valence-corrected chi connectivity index (χ4v) is 6.41. The average molecular weight is 629 g/mol. The average Bonchev–Trinajstić information content (AvgIpc) is 3.00. The van der Waals surface area contributed by atoms with Crippen LogP contribution in [0.5, 0.6) is 0 Å². The molecule has 0 heterocycles. The van der Waals surface area contributed by atoms with Gasteiger partial charge in [0.15, 0.2) is 22.5 Å². The van der Waals surface area contributed by atoms with Crippen molar-refractivity contribution in [2.24, 2.45) is 0 Å². The highest BCUT2D eigenvalue weighted by molar-refractivity contribution is 7.21. The lowest BCUT2D eigenvalue weighted by molar-refractivity contribution is -0.172. The van der Waals surface area contributed by atoms with Crippen molar-refractivity contribution < 1.29 is 24.9 Å². The fourth-order valence-electron chi connectivity index (χ4n) is 6.01. The maximum absolute atomic E-state index is 12.8. The van der Waals surface area contributed by atoms with Gasteiger partial charge in [0, 0.05) is 12.8 Å². The van der Waals surface area contributed by atoms with Gasteiger partial charge in [0.1, 0.15) is 0 Å². The molecule has 0 spiro atoms. The van der Waals surface area contributed by atoms with Crippen molar-refractivity contribution in [1.82, 2.24) is 0 Å². The summed E-state index contributed by atoms with van der Waals surface area (Å²) in [4.78, 5) is 25.6. The minimum Gasteiger partial charge on any atom is -0.393 e. The van der Waals surface area contributed by atoms with E-state index in [1.807, 2.05) is 9.24 Å². The summed E-state index contributed by atoms with van der Waals surface area (Å²) in [5.74, 6) is -1.25. The van der Waals surface area contributed by atoms with Gasteiger partial charge in [-0.3, -0.25) is 9.59 Å². The summed E-state index contributed by atoms with van der Waals surface area (Å²) < 4.78 is 0. The largest absolute Gasteiger partial charge is 0.393 e. The van der Waals surface area contributed by atoms with Crippen LogP contribution in [0.2, 0.25) is 0 Å². The number of carbonyl (C=O) groups is 2. The van der Waals surface area contributed by atoms with Crippen molar-refractivity contribution in [3.05, 3.63) is 0 Å². The number of Topliss-reactive ketones (excluding diaryl/α,β-unsaturated/α-hetero) is 2. The van der Waals surface area contributed by atoms with Crippen molar-refractivity contribution in [2.75, 3.05) is 6.61 Å². The third-order valence-corrected chi connectivity index (χ3v) is 10.1. The van der Waals surface area contributed by atoms with Gasteiger partial charge in [-0.15, -0.1) is 0 Å². The molecule has 0 saturated carbocycles. The highest BCUT2D eigenvalue weighted by Crippen LogP contribution is 2.34. The zero-order chi connectivity index (χ0) is 32.1. The molecule has 256 valence electrons. The molecule has 0 bridgehead atoms. The zero-order valence-electron chi connectivity index (χ0n) is 28.7. The molecule has 6 heteroatoms. The first kappa shape index (κ1) is 42.6. The molecule has 3 unspecified atom stereocenters. The number of rotatable bonds is 34. The predicted molar refractivity (Wildman–Crippen MR) is 187 cm³/mol. The van der Waals surface area contributed by atoms with Crippen LogP contribution in [0.3, 0.4) is 0 Å². The number of hydrogen-bond donors (Lipinski definition) is 3. The van der Waals surface area contributed by atoms with Gasteiger partial charge in [0.05, 0.1) is 6.61 Å². The van der Waals surface area contributed by atoms with Crippen LogP contribution in [-0.2, 0) is 9.59 Å². The van der Waals surface area contributed by atoms with E-state index in [2.05, 4.69) is 13.8 Å². The van der Waals surface area contributed by atoms with E-state index in [4.69, 9.17) is 0 Å². The Labute approximate surface area is 269 Å². The number of unbranched alkanes of at least 4 members (excludes halogenated alkanes) is 26. The highest BCUT2D eigenvalue weighted by atomic mass is 31.0. The third-order valence-electron chi connectivity index (χ3n) is 9.26. The summed E-state index contributed by atoms with van der Waals surface area (Å²) >= 11 is 0. The molecule has 0 aromatic carbocycles. The second-order valence-electron chi connectivity index (χ2n) is 13.3. The van der Waals surface area contributed by atoms with Crippen molar-refractivity contribution in [1.29, 1.82) is 0 Å². The monoisotopic (exact) mass is 629 g/mol. The minimum absolute atomic E-state index is 0.0535. The Morgan fingerprint density at radius 3 is 0.930 bits per heavy atom. The van der Waals surface area contributed by atoms with Crippen molar-refractivity contribution in [3.63, 3.8) is 0 Å². The van der Waals surface area contributed by atoms with E-state index in [1.165, 1.54) is 128 Å². The molecule has 0 fully saturated rings. The van der Waals surface area contributed by atoms with Crippen LogP contribution in [0.15, 0.2) is 0 Å². The van der Waals surface area contributed by atoms with E-state index in [-0.39, 0.29) is 12.8 Å². The normalized spacial score (nSPS) is 14.5. The van der Waals surface area contributed by atoms with Crippen LogP contribution >= 0.6 is 9.24 Å². The molecular formula is C37H73O5P. The molecule has 0 rings (SSSR count). The van der Waals surface area contributed by atoms with Gasteiger partial charge in [-0.05, 0) is 12.8 Å². The van der Waals surface area contributed by atoms with E-state index in [9.17, 15) is 24.9 Å². The van der Waals surface area contributed by atoms with Crippen molar-refractivity contribution in [3.8, 4) is 0 Å². The first-order valence-corrected chi connectivity index (χ1v) is 19.3. The quantitative estimate of drug-likeness (QED) is 0.0487.